The monoisotopic (exact) mass is 1330 g/mol. The van der Waals surface area contributed by atoms with E-state index in [1.54, 1.807) is 0 Å². The molecule has 0 radical (unpaired) electrons. The Labute approximate surface area is 391 Å². The Morgan fingerprint density at radius 1 is 0.190 bits per heavy atom. The number of allylic oxidation sites excluding steroid dienone is 2. The zero-order chi connectivity index (χ0) is 65.8. The fourth-order valence-corrected chi connectivity index (χ4v) is 6.91. The van der Waals surface area contributed by atoms with E-state index in [-0.39, 0.29) is 0 Å². The summed E-state index contributed by atoms with van der Waals surface area (Å²) in [6.45, 7) is 0. The van der Waals surface area contributed by atoms with Crippen molar-refractivity contribution >= 4 is 9.84 Å². The molecule has 0 saturated carbocycles. The van der Waals surface area contributed by atoms with Crippen molar-refractivity contribution in [3.05, 3.63) is 22.8 Å². The van der Waals surface area contributed by atoms with E-state index in [4.69, 9.17) is 0 Å². The van der Waals surface area contributed by atoms with Crippen molar-refractivity contribution < 1.29 is 228 Å². The first-order valence-corrected chi connectivity index (χ1v) is 17.7. The van der Waals surface area contributed by atoms with Gasteiger partial charge < -0.3 is 0 Å². The van der Waals surface area contributed by atoms with Crippen LogP contribution < -0.4 is 0 Å². The van der Waals surface area contributed by atoms with Crippen LogP contribution >= 0.6 is 0 Å². The van der Waals surface area contributed by atoms with Gasteiger partial charge in [0.05, 0.1) is 0 Å². The summed E-state index contributed by atoms with van der Waals surface area (Å²) in [5.41, 5.74) is -14.7. The fourth-order valence-electron chi connectivity index (χ4n) is 4.92. The lowest BCUT2D eigenvalue weighted by Crippen LogP contribution is -2.79. The van der Waals surface area contributed by atoms with Crippen molar-refractivity contribution in [3.8, 4) is 0 Å². The zero-order valence-electron chi connectivity index (χ0n) is 33.1. The summed E-state index contributed by atoms with van der Waals surface area (Å²) in [7, 11) is -13.3. The third-order valence-electron chi connectivity index (χ3n) is 9.13. The first-order valence-electron chi connectivity index (χ1n) is 16.2. The molecule has 0 N–H and O–H groups in total. The first kappa shape index (κ1) is 74.9. The average Bonchev–Trinajstić information content (AvgIpc) is 3.15. The van der Waals surface area contributed by atoms with E-state index in [0.717, 1.165) is 0 Å². The standard InChI is InChI=1S/C26F50O2S/c27-3(1(7(31,32)33)8(34,35)36)5(29,11(43,44)13(47,48)15(51,52)17(55,56)19(59,60)21(63,64)23(67,68)25(71,72)73)79(77,78)6(30,4(28)2(9(37,38)39)10(40,41)42)12(45,46)14(49,50)16(53,54)18(57,58)20(61,62)22(65,66)24(69,70)26(74,75)76. The molecule has 0 spiro atoms. The van der Waals surface area contributed by atoms with Gasteiger partial charge in [0.1, 0.15) is 0 Å². The van der Waals surface area contributed by atoms with Crippen LogP contribution in [0.1, 0.15) is 0 Å². The molecule has 0 aliphatic carbocycles. The van der Waals surface area contributed by atoms with Gasteiger partial charge in [0.2, 0.25) is 9.84 Å². The molecule has 2 unspecified atom stereocenters. The summed E-state index contributed by atoms with van der Waals surface area (Å²) in [5, 5.41) is -23.6. The summed E-state index contributed by atoms with van der Waals surface area (Å²) in [5.74, 6) is -167. The SMILES string of the molecule is O=S(=O)(C(F)(C(F)=C(C(F)(F)F)C(F)(F)F)C(F)(F)C(F)(F)C(F)(F)C(F)(F)C(F)(F)C(F)(F)C(F)(F)C(F)(F)F)C(F)(C(F)=C(C(F)(F)F)C(F)(F)F)C(F)(F)C(F)(F)C(F)(F)C(F)(F)C(F)(F)C(F)(F)C(F)(F)C(F)(F)F. The van der Waals surface area contributed by atoms with E-state index in [9.17, 15) is 193 Å². The molecular weight excluding hydrogens is 1330 g/mol. The topological polar surface area (TPSA) is 34.1 Å². The second kappa shape index (κ2) is 18.5. The van der Waals surface area contributed by atoms with E-state index < -0.39 is 163 Å². The molecule has 472 valence electrons. The van der Waals surface area contributed by atoms with Crippen molar-refractivity contribution in [2.75, 3.05) is 0 Å². The van der Waals surface area contributed by atoms with Crippen LogP contribution in [0.4, 0.5) is 220 Å². The van der Waals surface area contributed by atoms with Crippen molar-refractivity contribution in [2.45, 2.75) is 130 Å². The summed E-state index contributed by atoms with van der Waals surface area (Å²) in [4.78, 5) is 0. The van der Waals surface area contributed by atoms with E-state index in [1.165, 1.54) is 0 Å². The molecule has 0 aromatic heterocycles. The highest BCUT2D eigenvalue weighted by molar-refractivity contribution is 7.94. The van der Waals surface area contributed by atoms with Gasteiger partial charge >= 0.3 is 130 Å². The number of hydrogen-bond acceptors (Lipinski definition) is 2. The summed E-state index contributed by atoms with van der Waals surface area (Å²) in [6.07, 6.45) is -55.1. The quantitative estimate of drug-likeness (QED) is 0.128. The third kappa shape index (κ3) is 9.38. The van der Waals surface area contributed by atoms with Crippen LogP contribution in [0.3, 0.4) is 0 Å². The highest BCUT2D eigenvalue weighted by Crippen LogP contribution is 2.72. The van der Waals surface area contributed by atoms with Gasteiger partial charge in [-0.3, -0.25) is 0 Å². The predicted molar refractivity (Wildman–Crippen MR) is 138 cm³/mol. The van der Waals surface area contributed by atoms with E-state index in [0.29, 0.717) is 0 Å². The van der Waals surface area contributed by atoms with Gasteiger partial charge in [-0.1, -0.05) is 0 Å². The highest BCUT2D eigenvalue weighted by Gasteiger charge is 3.02. The molecule has 0 aliphatic rings. The average molecular weight is 1330 g/mol. The van der Waals surface area contributed by atoms with Crippen molar-refractivity contribution in [1.29, 1.82) is 0 Å². The molecular formula is C26F50O2S. The molecule has 0 aromatic rings. The van der Waals surface area contributed by atoms with Crippen molar-refractivity contribution in [3.63, 3.8) is 0 Å². The Hall–Kier alpha value is -4.07. The molecule has 0 aromatic carbocycles. The van der Waals surface area contributed by atoms with Gasteiger partial charge in [-0.05, 0) is 0 Å². The lowest BCUT2D eigenvalue weighted by molar-refractivity contribution is -0.464. The number of hydrogen-bond donors (Lipinski definition) is 0. The van der Waals surface area contributed by atoms with Crippen LogP contribution in [0.5, 0.6) is 0 Å². The van der Waals surface area contributed by atoms with Gasteiger partial charge in [-0.15, -0.1) is 0 Å². The molecule has 0 rings (SSSR count). The largest absolute Gasteiger partial charge is 0.460 e. The van der Waals surface area contributed by atoms with E-state index in [2.05, 4.69) is 0 Å². The van der Waals surface area contributed by atoms with Crippen LogP contribution in [-0.2, 0) is 9.84 Å². The second-order valence-electron chi connectivity index (χ2n) is 14.1. The van der Waals surface area contributed by atoms with E-state index in [1.807, 2.05) is 0 Å². The van der Waals surface area contributed by atoms with E-state index >= 15 is 35.1 Å². The molecule has 0 bridgehead atoms. The number of rotatable bonds is 18. The second-order valence-corrected chi connectivity index (χ2v) is 16.2. The van der Waals surface area contributed by atoms with Crippen molar-refractivity contribution in [2.24, 2.45) is 0 Å². The molecule has 2 nitrogen and oxygen atoms in total. The van der Waals surface area contributed by atoms with Crippen LogP contribution in [0, 0.1) is 0 Å². The van der Waals surface area contributed by atoms with Gasteiger partial charge in [0.25, 0.3) is 0 Å². The van der Waals surface area contributed by atoms with Gasteiger partial charge in [0, 0.05) is 0 Å². The lowest BCUT2D eigenvalue weighted by atomic mass is 9.87. The minimum atomic E-state index is -13.3. The minimum Gasteiger partial charge on any atom is -0.221 e. The lowest BCUT2D eigenvalue weighted by Gasteiger charge is -2.47. The van der Waals surface area contributed by atoms with Crippen LogP contribution in [0.15, 0.2) is 22.8 Å². The molecule has 0 saturated heterocycles. The Bertz CT molecular complexity index is 2240. The maximum atomic E-state index is 16.3. The molecule has 79 heavy (non-hydrogen) atoms. The molecule has 0 fully saturated rings. The number of halogens is 50. The molecule has 53 heteroatoms. The van der Waals surface area contributed by atoms with Crippen LogP contribution in [-0.4, -0.2) is 138 Å². The normalized spacial score (nSPS) is 18.1. The Morgan fingerprint density at radius 3 is 0.418 bits per heavy atom. The van der Waals surface area contributed by atoms with Crippen LogP contribution in [0.25, 0.3) is 0 Å². The summed E-state index contributed by atoms with van der Waals surface area (Å²) in [6, 6.07) is 0. The summed E-state index contributed by atoms with van der Waals surface area (Å²) >= 11 is 0. The Balaban J connectivity index is 10.7. The van der Waals surface area contributed by atoms with Crippen LogP contribution in [0.2, 0.25) is 0 Å². The maximum Gasteiger partial charge on any atom is 0.460 e. The van der Waals surface area contributed by atoms with Gasteiger partial charge in [0.15, 0.2) is 22.8 Å². The molecule has 0 amide bonds. The third-order valence-corrected chi connectivity index (χ3v) is 11.5. The Morgan fingerprint density at radius 2 is 0.304 bits per heavy atom. The minimum absolute atomic E-state index is 7.34. The fraction of sp³-hybridized carbons (Fsp3) is 0.846. The number of sulfone groups is 1. The molecule has 0 aliphatic heterocycles. The zero-order valence-corrected chi connectivity index (χ0v) is 33.9. The molecule has 0 heterocycles. The van der Waals surface area contributed by atoms with Crippen molar-refractivity contribution in [1.82, 2.24) is 0 Å². The Kier molecular flexibility index (Phi) is 17.5. The number of alkyl halides is 48. The molecule has 2 atom stereocenters. The predicted octanol–water partition coefficient (Wildman–Crippen LogP) is 16.4. The highest BCUT2D eigenvalue weighted by atomic mass is 32.2. The van der Waals surface area contributed by atoms with Gasteiger partial charge in [-0.25, -0.2) is 26.0 Å². The first-order chi connectivity index (χ1) is 33.1. The summed E-state index contributed by atoms with van der Waals surface area (Å²) < 4.78 is 723. The maximum absolute atomic E-state index is 16.3. The van der Waals surface area contributed by atoms with Gasteiger partial charge in [-0.2, -0.15) is 202 Å². The smallest absolute Gasteiger partial charge is 0.221 e.